The van der Waals surface area contributed by atoms with Gasteiger partial charge in [0.15, 0.2) is 0 Å². The second-order valence-corrected chi connectivity index (χ2v) is 11.0. The van der Waals surface area contributed by atoms with Crippen molar-refractivity contribution in [3.63, 3.8) is 0 Å². The number of pyridine rings is 1. The monoisotopic (exact) mass is 562 g/mol. The zero-order valence-electron chi connectivity index (χ0n) is 23.9. The minimum absolute atomic E-state index is 0.117. The van der Waals surface area contributed by atoms with Crippen LogP contribution in [0.4, 0.5) is 4.79 Å². The van der Waals surface area contributed by atoms with Crippen molar-refractivity contribution < 1.29 is 14.6 Å². The lowest BCUT2D eigenvalue weighted by atomic mass is 9.92. The molecule has 0 saturated heterocycles. The number of fused-ring (bicyclic) bond motifs is 3. The smallest absolute Gasteiger partial charge is 0.410 e. The Kier molecular flexibility index (Phi) is 7.71. The normalized spacial score (nSPS) is 16.9. The molecule has 214 valence electrons. The number of aromatic nitrogens is 3. The van der Waals surface area contributed by atoms with Gasteiger partial charge in [0.1, 0.15) is 5.75 Å². The van der Waals surface area contributed by atoms with Crippen LogP contribution in [-0.2, 0) is 6.42 Å². The summed E-state index contributed by atoms with van der Waals surface area (Å²) < 4.78 is 7.15. The molecule has 0 aliphatic heterocycles. The molecule has 0 radical (unpaired) electrons. The van der Waals surface area contributed by atoms with Gasteiger partial charge in [0.2, 0.25) is 0 Å². The van der Waals surface area contributed by atoms with Crippen LogP contribution in [0.3, 0.4) is 0 Å². The van der Waals surface area contributed by atoms with Crippen LogP contribution in [0.2, 0.25) is 0 Å². The van der Waals surface area contributed by atoms with Gasteiger partial charge in [-0.3, -0.25) is 14.3 Å². The molecule has 3 aromatic carbocycles. The Bertz CT molecular complexity index is 1830. The Morgan fingerprint density at radius 3 is 2.62 bits per heavy atom. The van der Waals surface area contributed by atoms with Gasteiger partial charge in [-0.1, -0.05) is 49.2 Å². The third-order valence-corrected chi connectivity index (χ3v) is 8.27. The van der Waals surface area contributed by atoms with Crippen molar-refractivity contribution in [2.45, 2.75) is 51.2 Å². The van der Waals surface area contributed by atoms with E-state index in [1.165, 1.54) is 4.90 Å². The van der Waals surface area contributed by atoms with Gasteiger partial charge >= 0.3 is 6.09 Å². The number of nitrogens with zero attached hydrogens (tertiary/aromatic N) is 4. The van der Waals surface area contributed by atoms with E-state index in [1.54, 1.807) is 30.2 Å². The Morgan fingerprint density at radius 2 is 1.81 bits per heavy atom. The van der Waals surface area contributed by atoms with Crippen LogP contribution in [0, 0.1) is 0 Å². The van der Waals surface area contributed by atoms with Crippen molar-refractivity contribution in [2.24, 2.45) is 0 Å². The standard InChI is InChI=1S/C34H34N4O4/c1-3-37(2)34(41)42-25-10-8-9-23(19-25)29-18-22(15-16-35-29)17-24-20-28-32(27-12-5-4-11-26(24)27)36-21-38(33(28)40)30-13-6-7-14-31(30)39/h4-5,8-12,15-16,18-21,30-31,39H,3,6-7,13-14,17H2,1-2H3. The zero-order valence-corrected chi connectivity index (χ0v) is 23.9. The molecule has 0 spiro atoms. The van der Waals surface area contributed by atoms with Crippen LogP contribution < -0.4 is 10.3 Å². The first kappa shape index (κ1) is 27.6. The van der Waals surface area contributed by atoms with Gasteiger partial charge in [-0.15, -0.1) is 0 Å². The average molecular weight is 563 g/mol. The van der Waals surface area contributed by atoms with E-state index in [0.29, 0.717) is 36.0 Å². The first-order chi connectivity index (χ1) is 20.4. The van der Waals surface area contributed by atoms with E-state index in [-0.39, 0.29) is 11.6 Å². The molecule has 1 aliphatic carbocycles. The maximum atomic E-state index is 13.8. The van der Waals surface area contributed by atoms with Crippen LogP contribution in [0.1, 0.15) is 49.8 Å². The molecule has 5 aromatic rings. The summed E-state index contributed by atoms with van der Waals surface area (Å²) in [6.07, 6.45) is 6.44. The van der Waals surface area contributed by atoms with Gasteiger partial charge in [0, 0.05) is 30.7 Å². The van der Waals surface area contributed by atoms with E-state index in [4.69, 9.17) is 9.72 Å². The van der Waals surface area contributed by atoms with Crippen LogP contribution in [0.15, 0.2) is 84.0 Å². The van der Waals surface area contributed by atoms with Crippen molar-refractivity contribution in [2.75, 3.05) is 13.6 Å². The van der Waals surface area contributed by atoms with Crippen molar-refractivity contribution in [3.8, 4) is 17.0 Å². The van der Waals surface area contributed by atoms with Gasteiger partial charge < -0.3 is 14.7 Å². The number of carbonyl (C=O) groups is 1. The summed E-state index contributed by atoms with van der Waals surface area (Å²) in [5, 5.41) is 13.2. The first-order valence-electron chi connectivity index (χ1n) is 14.5. The maximum Gasteiger partial charge on any atom is 0.414 e. The summed E-state index contributed by atoms with van der Waals surface area (Å²) in [5.41, 5.74) is 4.20. The molecule has 1 fully saturated rings. The van der Waals surface area contributed by atoms with Gasteiger partial charge in [-0.05, 0) is 73.0 Å². The van der Waals surface area contributed by atoms with Crippen LogP contribution in [0.5, 0.6) is 5.75 Å². The topological polar surface area (TPSA) is 97.5 Å². The number of hydrogen-bond donors (Lipinski definition) is 1. The molecule has 1 amide bonds. The zero-order chi connectivity index (χ0) is 29.2. The Morgan fingerprint density at radius 1 is 1.00 bits per heavy atom. The number of benzene rings is 3. The molecular formula is C34H34N4O4. The Balaban J connectivity index is 1.37. The fourth-order valence-corrected chi connectivity index (χ4v) is 5.84. The summed E-state index contributed by atoms with van der Waals surface area (Å²) in [7, 11) is 1.69. The molecule has 0 bridgehead atoms. The molecule has 42 heavy (non-hydrogen) atoms. The number of aliphatic hydroxyl groups excluding tert-OH is 1. The number of rotatable bonds is 6. The predicted molar refractivity (Wildman–Crippen MR) is 164 cm³/mol. The Labute approximate surface area is 244 Å². The summed E-state index contributed by atoms with van der Waals surface area (Å²) in [6, 6.07) is 21.1. The fourth-order valence-electron chi connectivity index (χ4n) is 5.84. The fraction of sp³-hybridized carbons (Fsp3) is 0.294. The molecular weight excluding hydrogens is 528 g/mol. The Hall–Kier alpha value is -4.56. The predicted octanol–water partition coefficient (Wildman–Crippen LogP) is 6.13. The molecule has 8 nitrogen and oxygen atoms in total. The number of hydrogen-bond acceptors (Lipinski definition) is 6. The summed E-state index contributed by atoms with van der Waals surface area (Å²) in [5.74, 6) is 0.456. The van der Waals surface area contributed by atoms with Crippen molar-refractivity contribution in [1.82, 2.24) is 19.4 Å². The minimum atomic E-state index is -0.541. The van der Waals surface area contributed by atoms with Crippen molar-refractivity contribution in [1.29, 1.82) is 0 Å². The van der Waals surface area contributed by atoms with E-state index in [9.17, 15) is 14.7 Å². The van der Waals surface area contributed by atoms with Gasteiger partial charge in [-0.25, -0.2) is 9.78 Å². The second kappa shape index (κ2) is 11.7. The third kappa shape index (κ3) is 5.37. The van der Waals surface area contributed by atoms with Crippen molar-refractivity contribution in [3.05, 3.63) is 101 Å². The maximum absolute atomic E-state index is 13.8. The highest BCUT2D eigenvalue weighted by Gasteiger charge is 2.26. The SMILES string of the molecule is CCN(C)C(=O)Oc1cccc(-c2cc(Cc3cc4c(=O)n(C5CCCCC5O)cnc4c4ccccc34)ccn2)c1. The van der Waals surface area contributed by atoms with Crippen LogP contribution >= 0.6 is 0 Å². The van der Waals surface area contributed by atoms with Gasteiger partial charge in [-0.2, -0.15) is 0 Å². The van der Waals surface area contributed by atoms with E-state index in [1.807, 2.05) is 61.5 Å². The molecule has 1 N–H and O–H groups in total. The van der Waals surface area contributed by atoms with Crippen LogP contribution in [-0.4, -0.2) is 50.3 Å². The quantitative estimate of drug-likeness (QED) is 0.250. The third-order valence-electron chi connectivity index (χ3n) is 8.27. The molecule has 6 rings (SSSR count). The lowest BCUT2D eigenvalue weighted by Gasteiger charge is -2.29. The number of ether oxygens (including phenoxy) is 1. The molecule has 1 aliphatic rings. The molecule has 2 aromatic heterocycles. The van der Waals surface area contributed by atoms with Crippen molar-refractivity contribution >= 4 is 27.8 Å². The number of carbonyl (C=O) groups excluding carboxylic acids is 1. The van der Waals surface area contributed by atoms with Gasteiger partial charge in [0.25, 0.3) is 5.56 Å². The van der Waals surface area contributed by atoms with E-state index < -0.39 is 12.2 Å². The molecule has 2 heterocycles. The molecule has 8 heteroatoms. The van der Waals surface area contributed by atoms with E-state index in [2.05, 4.69) is 11.1 Å². The largest absolute Gasteiger partial charge is 0.414 e. The molecule has 1 saturated carbocycles. The number of amides is 1. The molecule has 2 unspecified atom stereocenters. The molecule has 2 atom stereocenters. The highest BCUT2D eigenvalue weighted by atomic mass is 16.6. The lowest BCUT2D eigenvalue weighted by Crippen LogP contribution is -2.34. The van der Waals surface area contributed by atoms with Crippen LogP contribution in [0.25, 0.3) is 32.9 Å². The average Bonchev–Trinajstić information content (AvgIpc) is 3.02. The summed E-state index contributed by atoms with van der Waals surface area (Å²) in [4.78, 5) is 36.9. The minimum Gasteiger partial charge on any atom is -0.410 e. The lowest BCUT2D eigenvalue weighted by molar-refractivity contribution is 0.0735. The first-order valence-corrected chi connectivity index (χ1v) is 14.5. The number of aliphatic hydroxyl groups is 1. The highest BCUT2D eigenvalue weighted by molar-refractivity contribution is 6.06. The summed E-state index contributed by atoms with van der Waals surface area (Å²) in [6.45, 7) is 2.44. The highest BCUT2D eigenvalue weighted by Crippen LogP contribution is 2.31. The van der Waals surface area contributed by atoms with Gasteiger partial charge in [0.05, 0.1) is 35.1 Å². The summed E-state index contributed by atoms with van der Waals surface area (Å²) >= 11 is 0. The van der Waals surface area contributed by atoms with E-state index >= 15 is 0 Å². The van der Waals surface area contributed by atoms with E-state index in [0.717, 1.165) is 52.4 Å². The second-order valence-electron chi connectivity index (χ2n) is 11.0.